The normalized spacial score (nSPS) is 24.4. The van der Waals surface area contributed by atoms with Crippen LogP contribution in [0.5, 0.6) is 5.75 Å². The second kappa shape index (κ2) is 11.5. The van der Waals surface area contributed by atoms with Gasteiger partial charge in [-0.1, -0.05) is 5.10 Å². The summed E-state index contributed by atoms with van der Waals surface area (Å²) in [5.74, 6) is -1.55. The van der Waals surface area contributed by atoms with E-state index in [1.165, 1.54) is 0 Å². The maximum absolute atomic E-state index is 14.4. The van der Waals surface area contributed by atoms with Crippen LogP contribution in [0.25, 0.3) is 0 Å². The molecule has 5 heterocycles. The Morgan fingerprint density at radius 2 is 1.82 bits per heavy atom. The second-order valence-corrected chi connectivity index (χ2v) is 10.6. The Labute approximate surface area is 229 Å². The molecule has 3 aliphatic rings. The molecular weight excluding hydrogens is 527 g/mol. The number of rotatable bonds is 8. The van der Waals surface area contributed by atoms with Crippen molar-refractivity contribution in [2.75, 3.05) is 49.6 Å². The number of anilines is 2. The van der Waals surface area contributed by atoms with Gasteiger partial charge in [0.15, 0.2) is 17.4 Å². The highest BCUT2D eigenvalue weighted by atomic mass is 19.2. The third kappa shape index (κ3) is 5.68. The molecular formula is C26H32F3N9O2. The molecule has 2 N–H and O–H groups in total. The van der Waals surface area contributed by atoms with Crippen LogP contribution in [0.3, 0.4) is 0 Å². The zero-order valence-corrected chi connectivity index (χ0v) is 22.1. The van der Waals surface area contributed by atoms with E-state index in [2.05, 4.69) is 40.9 Å². The maximum Gasteiger partial charge on any atom is 0.266 e. The minimum Gasteiger partial charge on any atom is -0.487 e. The summed E-state index contributed by atoms with van der Waals surface area (Å²) in [6.45, 7) is 5.96. The van der Waals surface area contributed by atoms with Gasteiger partial charge in [0.25, 0.3) is 5.95 Å². The summed E-state index contributed by atoms with van der Waals surface area (Å²) in [6.07, 6.45) is 5.93. The van der Waals surface area contributed by atoms with Crippen molar-refractivity contribution in [2.24, 2.45) is 5.92 Å². The summed E-state index contributed by atoms with van der Waals surface area (Å²) in [5.41, 5.74) is 0.116. The van der Waals surface area contributed by atoms with Gasteiger partial charge >= 0.3 is 0 Å². The van der Waals surface area contributed by atoms with Crippen molar-refractivity contribution in [2.45, 2.75) is 50.3 Å². The number of ether oxygens (including phenoxy) is 2. The van der Waals surface area contributed by atoms with Gasteiger partial charge in [0.2, 0.25) is 5.95 Å². The molecule has 3 aromatic rings. The van der Waals surface area contributed by atoms with Crippen molar-refractivity contribution in [1.82, 2.24) is 35.5 Å². The van der Waals surface area contributed by atoms with Gasteiger partial charge in [0.1, 0.15) is 5.82 Å². The molecule has 2 aromatic heterocycles. The van der Waals surface area contributed by atoms with E-state index < -0.39 is 23.4 Å². The summed E-state index contributed by atoms with van der Waals surface area (Å²) in [7, 11) is 0. The third-order valence-electron chi connectivity index (χ3n) is 8.05. The topological polar surface area (TPSA) is 115 Å². The Hall–Kier alpha value is -3.52. The average molecular weight is 560 g/mol. The minimum atomic E-state index is -1.20. The van der Waals surface area contributed by atoms with E-state index in [9.17, 15) is 13.2 Å². The van der Waals surface area contributed by atoms with Crippen molar-refractivity contribution in [3.63, 3.8) is 0 Å². The molecule has 214 valence electrons. The Morgan fingerprint density at radius 1 is 1.05 bits per heavy atom. The summed E-state index contributed by atoms with van der Waals surface area (Å²) < 4.78 is 53.1. The lowest BCUT2D eigenvalue weighted by molar-refractivity contribution is 0.132. The number of benzene rings is 1. The Kier molecular flexibility index (Phi) is 7.69. The number of halogens is 3. The SMILES string of the molecule is C[C@H](Oc1cnc(N[C@H]2CNC[C@@H]2c2cc(F)c(F)cc2F)nc1)C1CCN(c2nnn([C@@H]3CCOC3)n2)CC1. The third-order valence-corrected chi connectivity index (χ3v) is 8.05. The highest BCUT2D eigenvalue weighted by Crippen LogP contribution is 2.30. The van der Waals surface area contributed by atoms with Crippen molar-refractivity contribution in [3.05, 3.63) is 47.5 Å². The monoisotopic (exact) mass is 559 g/mol. The molecule has 0 aliphatic carbocycles. The molecule has 40 heavy (non-hydrogen) atoms. The van der Waals surface area contributed by atoms with Crippen LogP contribution in [0.2, 0.25) is 0 Å². The predicted molar refractivity (Wildman–Crippen MR) is 139 cm³/mol. The Bertz CT molecular complexity index is 1300. The first-order valence-corrected chi connectivity index (χ1v) is 13.7. The summed E-state index contributed by atoms with van der Waals surface area (Å²) in [4.78, 5) is 12.6. The molecule has 0 amide bonds. The molecule has 3 saturated heterocycles. The fourth-order valence-electron chi connectivity index (χ4n) is 5.68. The van der Waals surface area contributed by atoms with Crippen LogP contribution >= 0.6 is 0 Å². The fourth-order valence-corrected chi connectivity index (χ4v) is 5.68. The molecule has 3 aliphatic heterocycles. The molecule has 1 aromatic carbocycles. The molecule has 14 heteroatoms. The van der Waals surface area contributed by atoms with E-state index in [0.29, 0.717) is 49.3 Å². The first-order valence-electron chi connectivity index (χ1n) is 13.7. The molecule has 11 nitrogen and oxygen atoms in total. The zero-order valence-electron chi connectivity index (χ0n) is 22.1. The lowest BCUT2D eigenvalue weighted by Crippen LogP contribution is -2.39. The predicted octanol–water partition coefficient (Wildman–Crippen LogP) is 2.69. The summed E-state index contributed by atoms with van der Waals surface area (Å²) >= 11 is 0. The number of nitrogens with zero attached hydrogens (tertiary/aromatic N) is 7. The van der Waals surface area contributed by atoms with Crippen LogP contribution in [0.15, 0.2) is 24.5 Å². The molecule has 0 bridgehead atoms. The molecule has 6 rings (SSSR count). The van der Waals surface area contributed by atoms with Crippen molar-refractivity contribution in [3.8, 4) is 5.75 Å². The van der Waals surface area contributed by atoms with Crippen molar-refractivity contribution >= 4 is 11.9 Å². The van der Waals surface area contributed by atoms with Crippen LogP contribution in [0, 0.1) is 23.4 Å². The van der Waals surface area contributed by atoms with Gasteiger partial charge in [-0.05, 0) is 48.9 Å². The van der Waals surface area contributed by atoms with E-state index in [4.69, 9.17) is 9.47 Å². The number of tetrazole rings is 1. The molecule has 4 atom stereocenters. The van der Waals surface area contributed by atoms with Crippen LogP contribution in [-0.4, -0.2) is 81.7 Å². The number of piperidine rings is 1. The zero-order chi connectivity index (χ0) is 27.6. The molecule has 0 spiro atoms. The van der Waals surface area contributed by atoms with Gasteiger partial charge in [-0.3, -0.25) is 0 Å². The number of hydrogen-bond donors (Lipinski definition) is 2. The van der Waals surface area contributed by atoms with Crippen LogP contribution in [-0.2, 0) is 4.74 Å². The first-order chi connectivity index (χ1) is 19.4. The van der Waals surface area contributed by atoms with Gasteiger partial charge in [0.05, 0.1) is 31.1 Å². The van der Waals surface area contributed by atoms with Crippen LogP contribution in [0.1, 0.15) is 43.7 Å². The average Bonchev–Trinajstić information content (AvgIpc) is 3.74. The minimum absolute atomic E-state index is 0.0383. The van der Waals surface area contributed by atoms with E-state index in [1.54, 1.807) is 17.2 Å². The summed E-state index contributed by atoms with van der Waals surface area (Å²) in [5, 5.41) is 19.4. The van der Waals surface area contributed by atoms with Crippen molar-refractivity contribution in [1.29, 1.82) is 0 Å². The van der Waals surface area contributed by atoms with E-state index in [-0.39, 0.29) is 23.8 Å². The van der Waals surface area contributed by atoms with E-state index in [1.807, 2.05) is 6.92 Å². The molecule has 0 radical (unpaired) electrons. The van der Waals surface area contributed by atoms with E-state index >= 15 is 0 Å². The Balaban J connectivity index is 1.00. The smallest absolute Gasteiger partial charge is 0.266 e. The van der Waals surface area contributed by atoms with E-state index in [0.717, 1.165) is 45.0 Å². The molecule has 3 fully saturated rings. The quantitative estimate of drug-likeness (QED) is 0.399. The first kappa shape index (κ1) is 26.7. The molecule has 0 unspecified atom stereocenters. The number of aromatic nitrogens is 6. The second-order valence-electron chi connectivity index (χ2n) is 10.6. The Morgan fingerprint density at radius 3 is 2.58 bits per heavy atom. The highest BCUT2D eigenvalue weighted by Gasteiger charge is 2.32. The van der Waals surface area contributed by atoms with Crippen LogP contribution < -0.4 is 20.3 Å². The lowest BCUT2D eigenvalue weighted by Gasteiger charge is -2.34. The largest absolute Gasteiger partial charge is 0.487 e. The summed E-state index contributed by atoms with van der Waals surface area (Å²) in [6, 6.07) is 1.38. The standard InChI is InChI=1S/C26H32F3N9O2/c1-15(16-2-5-37(6-3-16)26-34-36-38(35-26)17-4-7-39-14-17)40-18-10-31-25(32-11-18)33-24-13-30-12-20(24)19-8-22(28)23(29)9-21(19)27/h8-11,15-17,20,24,30H,2-7,12-14H2,1H3,(H,31,32,33)/t15-,17+,20+,24-/m0/s1. The lowest BCUT2D eigenvalue weighted by atomic mass is 9.92. The number of nitrogens with one attached hydrogen (secondary N) is 2. The fraction of sp³-hybridized carbons (Fsp3) is 0.577. The number of hydrogen-bond acceptors (Lipinski definition) is 10. The highest BCUT2D eigenvalue weighted by molar-refractivity contribution is 5.35. The van der Waals surface area contributed by atoms with Crippen LogP contribution in [0.4, 0.5) is 25.1 Å². The van der Waals surface area contributed by atoms with Crippen molar-refractivity contribution < 1.29 is 22.6 Å². The van der Waals surface area contributed by atoms with Gasteiger partial charge in [0, 0.05) is 50.8 Å². The van der Waals surface area contributed by atoms with Gasteiger partial charge in [-0.2, -0.15) is 4.80 Å². The van der Waals surface area contributed by atoms with Gasteiger partial charge in [-0.25, -0.2) is 23.1 Å². The molecule has 0 saturated carbocycles. The maximum atomic E-state index is 14.4. The van der Waals surface area contributed by atoms with Gasteiger partial charge < -0.3 is 25.0 Å². The van der Waals surface area contributed by atoms with Gasteiger partial charge in [-0.15, -0.1) is 5.10 Å².